The van der Waals surface area contributed by atoms with Gasteiger partial charge in [-0.2, -0.15) is 0 Å². The van der Waals surface area contributed by atoms with Crippen molar-refractivity contribution in [1.82, 2.24) is 9.80 Å². The standard InChI is InChI=1S/C56H112N2O4/c1-11-15-19-23-27-35-43-51(41-33-21-17-13-3)53(59)61-49-39-31-25-29-37-45-57(55(5,6)7)47-48-58(56(8,9)10)46-38-30-26-32-40-50-62-54(60)52(42-34-22-18-14-4)44-36-28-24-20-16-12-2/h51-52H,11-50H2,1-10H3. The van der Waals surface area contributed by atoms with Crippen LogP contribution in [-0.2, 0) is 19.1 Å². The molecule has 0 bridgehead atoms. The molecule has 0 saturated heterocycles. The third-order valence-corrected chi connectivity index (χ3v) is 13.5. The predicted molar refractivity (Wildman–Crippen MR) is 271 cm³/mol. The second kappa shape index (κ2) is 41.3. The minimum absolute atomic E-state index is 0.0742. The van der Waals surface area contributed by atoms with Crippen LogP contribution in [0, 0.1) is 11.8 Å². The van der Waals surface area contributed by atoms with Crippen molar-refractivity contribution >= 4 is 11.9 Å². The molecule has 0 N–H and O–H groups in total. The van der Waals surface area contributed by atoms with Gasteiger partial charge in [-0.25, -0.2) is 0 Å². The summed E-state index contributed by atoms with van der Waals surface area (Å²) in [4.78, 5) is 31.5. The van der Waals surface area contributed by atoms with Gasteiger partial charge in [-0.1, -0.05) is 195 Å². The maximum Gasteiger partial charge on any atom is 0.308 e. The fraction of sp³-hybridized carbons (Fsp3) is 0.964. The predicted octanol–water partition coefficient (Wildman–Crippen LogP) is 16.8. The summed E-state index contributed by atoms with van der Waals surface area (Å²) in [5.41, 5.74) is 0.292. The van der Waals surface area contributed by atoms with Crippen molar-refractivity contribution in [1.29, 1.82) is 0 Å². The molecule has 0 spiro atoms. The molecule has 0 aliphatic heterocycles. The molecule has 62 heavy (non-hydrogen) atoms. The highest BCUT2D eigenvalue weighted by Crippen LogP contribution is 2.23. The van der Waals surface area contributed by atoms with E-state index in [2.05, 4.69) is 79.0 Å². The Morgan fingerprint density at radius 2 is 0.581 bits per heavy atom. The molecule has 2 unspecified atom stereocenters. The average Bonchev–Trinajstić information content (AvgIpc) is 3.22. The summed E-state index contributed by atoms with van der Waals surface area (Å²) in [6, 6.07) is 0. The molecule has 0 rings (SSSR count). The molecule has 0 saturated carbocycles. The third-order valence-electron chi connectivity index (χ3n) is 13.5. The Labute approximate surface area is 389 Å². The summed E-state index contributed by atoms with van der Waals surface area (Å²) in [7, 11) is 0. The first-order chi connectivity index (χ1) is 29.8. The summed E-state index contributed by atoms with van der Waals surface area (Å²) in [5, 5.41) is 0. The molecule has 370 valence electrons. The quantitative estimate of drug-likeness (QED) is 0.0449. The molecular formula is C56H112N2O4. The van der Waals surface area contributed by atoms with Gasteiger partial charge in [-0.3, -0.25) is 19.4 Å². The minimum Gasteiger partial charge on any atom is -0.465 e. The van der Waals surface area contributed by atoms with Gasteiger partial charge in [0.1, 0.15) is 0 Å². The number of nitrogens with zero attached hydrogens (tertiary/aromatic N) is 2. The lowest BCUT2D eigenvalue weighted by Crippen LogP contribution is -2.50. The van der Waals surface area contributed by atoms with Gasteiger partial charge >= 0.3 is 11.9 Å². The zero-order valence-corrected chi connectivity index (χ0v) is 44.0. The lowest BCUT2D eigenvalue weighted by atomic mass is 9.94. The summed E-state index contributed by atoms with van der Waals surface area (Å²) in [5.74, 6) is 0.356. The zero-order valence-electron chi connectivity index (χ0n) is 44.0. The number of hydrogen-bond acceptors (Lipinski definition) is 6. The lowest BCUT2D eigenvalue weighted by molar-refractivity contribution is -0.150. The van der Waals surface area contributed by atoms with Crippen LogP contribution in [-0.4, -0.2) is 72.2 Å². The number of unbranched alkanes of at least 4 members (excludes halogenated alkanes) is 24. The van der Waals surface area contributed by atoms with Crippen molar-refractivity contribution in [3.8, 4) is 0 Å². The van der Waals surface area contributed by atoms with Gasteiger partial charge in [0, 0.05) is 24.2 Å². The van der Waals surface area contributed by atoms with Gasteiger partial charge in [-0.15, -0.1) is 0 Å². The zero-order chi connectivity index (χ0) is 46.2. The van der Waals surface area contributed by atoms with E-state index in [1.165, 1.54) is 154 Å². The maximum atomic E-state index is 13.0. The van der Waals surface area contributed by atoms with Crippen LogP contribution in [0.3, 0.4) is 0 Å². The van der Waals surface area contributed by atoms with E-state index >= 15 is 0 Å². The number of rotatable bonds is 45. The summed E-state index contributed by atoms with van der Waals surface area (Å²) in [6.07, 6.45) is 40.7. The van der Waals surface area contributed by atoms with E-state index in [9.17, 15) is 9.59 Å². The first-order valence-electron chi connectivity index (χ1n) is 27.6. The molecule has 0 aromatic carbocycles. The normalized spacial score (nSPS) is 13.3. The van der Waals surface area contributed by atoms with Crippen LogP contribution >= 0.6 is 0 Å². The van der Waals surface area contributed by atoms with Crippen LogP contribution in [0.5, 0.6) is 0 Å². The number of hydrogen-bond donors (Lipinski definition) is 0. The van der Waals surface area contributed by atoms with E-state index in [-0.39, 0.29) is 34.9 Å². The Bertz CT molecular complexity index is 909. The van der Waals surface area contributed by atoms with E-state index in [0.29, 0.717) is 13.2 Å². The largest absolute Gasteiger partial charge is 0.465 e. The molecule has 0 fully saturated rings. The maximum absolute atomic E-state index is 13.0. The summed E-state index contributed by atoms with van der Waals surface area (Å²) in [6.45, 7) is 28.9. The van der Waals surface area contributed by atoms with Gasteiger partial charge in [0.05, 0.1) is 25.0 Å². The second-order valence-electron chi connectivity index (χ2n) is 21.4. The van der Waals surface area contributed by atoms with Crippen molar-refractivity contribution in [2.75, 3.05) is 39.4 Å². The molecule has 0 aromatic rings. The second-order valence-corrected chi connectivity index (χ2v) is 21.4. The van der Waals surface area contributed by atoms with Crippen LogP contribution in [0.4, 0.5) is 0 Å². The van der Waals surface area contributed by atoms with Gasteiger partial charge < -0.3 is 9.47 Å². The lowest BCUT2D eigenvalue weighted by Gasteiger charge is -2.41. The number of carbonyl (C=O) groups excluding carboxylic acids is 2. The van der Waals surface area contributed by atoms with Gasteiger partial charge in [0.2, 0.25) is 0 Å². The minimum atomic E-state index is 0.0742. The van der Waals surface area contributed by atoms with Crippen LogP contribution in [0.2, 0.25) is 0 Å². The fourth-order valence-corrected chi connectivity index (χ4v) is 9.00. The summed E-state index contributed by atoms with van der Waals surface area (Å²) >= 11 is 0. The highest BCUT2D eigenvalue weighted by Gasteiger charge is 2.26. The number of esters is 2. The Morgan fingerprint density at radius 3 is 0.871 bits per heavy atom. The van der Waals surface area contributed by atoms with Gasteiger partial charge in [0.25, 0.3) is 0 Å². The molecule has 0 amide bonds. The molecular weight excluding hydrogens is 765 g/mol. The fourth-order valence-electron chi connectivity index (χ4n) is 9.00. The van der Waals surface area contributed by atoms with Crippen molar-refractivity contribution < 1.29 is 19.1 Å². The molecule has 6 heteroatoms. The third kappa shape index (κ3) is 36.1. The van der Waals surface area contributed by atoms with Crippen molar-refractivity contribution in [2.45, 2.75) is 299 Å². The molecule has 0 heterocycles. The van der Waals surface area contributed by atoms with Crippen LogP contribution < -0.4 is 0 Å². The Kier molecular flexibility index (Phi) is 40.5. The Morgan fingerprint density at radius 1 is 0.339 bits per heavy atom. The molecule has 0 aromatic heterocycles. The SMILES string of the molecule is CCCCCCCCC(CCCCCC)C(=O)OCCCCCCCN(CCN(CCCCCCCOC(=O)C(CCCCCC)CCCCCCCC)C(C)(C)C)C(C)(C)C. The average molecular weight is 878 g/mol. The van der Waals surface area contributed by atoms with E-state index < -0.39 is 0 Å². The first kappa shape index (κ1) is 60.9. The number of carbonyl (C=O) groups is 2. The molecule has 0 aliphatic carbocycles. The number of ether oxygens (including phenoxy) is 2. The summed E-state index contributed by atoms with van der Waals surface area (Å²) < 4.78 is 11.7. The smallest absolute Gasteiger partial charge is 0.308 e. The van der Waals surface area contributed by atoms with Crippen molar-refractivity contribution in [3.63, 3.8) is 0 Å². The van der Waals surface area contributed by atoms with E-state index in [0.717, 1.165) is 90.4 Å². The highest BCUT2D eigenvalue weighted by molar-refractivity contribution is 5.72. The monoisotopic (exact) mass is 877 g/mol. The van der Waals surface area contributed by atoms with E-state index in [1.54, 1.807) is 0 Å². The van der Waals surface area contributed by atoms with Crippen molar-refractivity contribution in [2.24, 2.45) is 11.8 Å². The highest BCUT2D eigenvalue weighted by atomic mass is 16.5. The van der Waals surface area contributed by atoms with Crippen LogP contribution in [0.15, 0.2) is 0 Å². The molecule has 0 radical (unpaired) electrons. The molecule has 0 aliphatic rings. The van der Waals surface area contributed by atoms with Crippen molar-refractivity contribution in [3.05, 3.63) is 0 Å². The first-order valence-corrected chi connectivity index (χ1v) is 27.6. The topological polar surface area (TPSA) is 59.1 Å². The Hall–Kier alpha value is -1.14. The van der Waals surface area contributed by atoms with Gasteiger partial charge in [0.15, 0.2) is 0 Å². The van der Waals surface area contributed by atoms with E-state index in [4.69, 9.17) is 9.47 Å². The molecule has 2 atom stereocenters. The van der Waals surface area contributed by atoms with Crippen LogP contribution in [0.1, 0.15) is 288 Å². The molecule has 6 nitrogen and oxygen atoms in total. The van der Waals surface area contributed by atoms with Gasteiger partial charge in [-0.05, 0) is 106 Å². The van der Waals surface area contributed by atoms with Crippen LogP contribution in [0.25, 0.3) is 0 Å². The van der Waals surface area contributed by atoms with E-state index in [1.807, 2.05) is 0 Å². The Balaban J connectivity index is 4.53.